The Bertz CT molecular complexity index is 1260. The summed E-state index contributed by atoms with van der Waals surface area (Å²) in [6.45, 7) is -0.418. The first-order chi connectivity index (χ1) is 16.1. The van der Waals surface area contributed by atoms with Crippen molar-refractivity contribution in [1.29, 1.82) is 0 Å². The SMILES string of the molecule is CN(C)c1ccc(/C=N\NC(=O)CN(c2ccc(Oc3ccccc3)cc2)S(C)(=O)=O)cc1Br. The van der Waals surface area contributed by atoms with Gasteiger partial charge in [0.1, 0.15) is 18.0 Å². The predicted molar refractivity (Wildman–Crippen MR) is 139 cm³/mol. The molecule has 0 fully saturated rings. The Kier molecular flexibility index (Phi) is 8.30. The molecule has 0 atom stereocenters. The van der Waals surface area contributed by atoms with Gasteiger partial charge in [-0.2, -0.15) is 5.10 Å². The number of ether oxygens (including phenoxy) is 1. The number of amides is 1. The lowest BCUT2D eigenvalue weighted by molar-refractivity contribution is -0.119. The van der Waals surface area contributed by atoms with Gasteiger partial charge in [0.2, 0.25) is 10.0 Å². The smallest absolute Gasteiger partial charge is 0.260 e. The van der Waals surface area contributed by atoms with E-state index in [9.17, 15) is 13.2 Å². The summed E-state index contributed by atoms with van der Waals surface area (Å²) < 4.78 is 32.3. The van der Waals surface area contributed by atoms with Gasteiger partial charge in [0.15, 0.2) is 0 Å². The van der Waals surface area contributed by atoms with Gasteiger partial charge in [-0.05, 0) is 70.0 Å². The third-order valence-corrected chi connectivity index (χ3v) is 6.42. The van der Waals surface area contributed by atoms with Gasteiger partial charge in [-0.3, -0.25) is 9.10 Å². The van der Waals surface area contributed by atoms with Crippen LogP contribution < -0.4 is 19.4 Å². The molecule has 1 N–H and O–H groups in total. The summed E-state index contributed by atoms with van der Waals surface area (Å²) in [4.78, 5) is 14.4. The summed E-state index contributed by atoms with van der Waals surface area (Å²) in [5, 5.41) is 3.95. The van der Waals surface area contributed by atoms with E-state index < -0.39 is 22.5 Å². The Morgan fingerprint density at radius 1 is 1.03 bits per heavy atom. The maximum absolute atomic E-state index is 12.4. The zero-order chi connectivity index (χ0) is 24.7. The molecule has 0 unspecified atom stereocenters. The minimum Gasteiger partial charge on any atom is -0.457 e. The molecule has 1 amide bonds. The van der Waals surface area contributed by atoms with Crippen molar-refractivity contribution >= 4 is 49.4 Å². The van der Waals surface area contributed by atoms with Gasteiger partial charge >= 0.3 is 0 Å². The first-order valence-electron chi connectivity index (χ1n) is 10.2. The van der Waals surface area contributed by atoms with Crippen LogP contribution in [0, 0.1) is 0 Å². The third-order valence-electron chi connectivity index (χ3n) is 4.65. The van der Waals surface area contributed by atoms with Crippen molar-refractivity contribution in [3.63, 3.8) is 0 Å². The van der Waals surface area contributed by atoms with Gasteiger partial charge in [0, 0.05) is 18.6 Å². The second-order valence-electron chi connectivity index (χ2n) is 7.58. The molecule has 0 aliphatic carbocycles. The van der Waals surface area contributed by atoms with E-state index in [2.05, 4.69) is 26.5 Å². The zero-order valence-corrected chi connectivity index (χ0v) is 21.4. The Morgan fingerprint density at radius 2 is 1.68 bits per heavy atom. The second-order valence-corrected chi connectivity index (χ2v) is 10.3. The average Bonchev–Trinajstić information content (AvgIpc) is 2.78. The highest BCUT2D eigenvalue weighted by Gasteiger charge is 2.20. The number of anilines is 2. The predicted octanol–water partition coefficient (Wildman–Crippen LogP) is 4.22. The molecule has 0 spiro atoms. The highest BCUT2D eigenvalue weighted by atomic mass is 79.9. The van der Waals surface area contributed by atoms with Crippen LogP contribution in [-0.2, 0) is 14.8 Å². The van der Waals surface area contributed by atoms with Crippen molar-refractivity contribution in [1.82, 2.24) is 5.43 Å². The summed E-state index contributed by atoms with van der Waals surface area (Å²) in [6, 6.07) is 21.3. The number of rotatable bonds is 9. The van der Waals surface area contributed by atoms with Crippen LogP contribution in [0.2, 0.25) is 0 Å². The van der Waals surface area contributed by atoms with Gasteiger partial charge in [-0.1, -0.05) is 24.3 Å². The Labute approximate surface area is 208 Å². The van der Waals surface area contributed by atoms with E-state index in [1.165, 1.54) is 6.21 Å². The van der Waals surface area contributed by atoms with Crippen molar-refractivity contribution in [2.75, 3.05) is 36.1 Å². The maximum atomic E-state index is 12.4. The number of benzene rings is 3. The van der Waals surface area contributed by atoms with E-state index in [-0.39, 0.29) is 0 Å². The van der Waals surface area contributed by atoms with E-state index >= 15 is 0 Å². The molecule has 8 nitrogen and oxygen atoms in total. The number of sulfonamides is 1. The lowest BCUT2D eigenvalue weighted by Gasteiger charge is -2.21. The molecule has 34 heavy (non-hydrogen) atoms. The molecule has 0 bridgehead atoms. The minimum absolute atomic E-state index is 0.338. The summed E-state index contributed by atoms with van der Waals surface area (Å²) in [7, 11) is 0.160. The number of hydrogen-bond acceptors (Lipinski definition) is 6. The first kappa shape index (κ1) is 25.3. The van der Waals surface area contributed by atoms with Crippen LogP contribution in [0.4, 0.5) is 11.4 Å². The van der Waals surface area contributed by atoms with E-state index in [0.29, 0.717) is 17.2 Å². The molecule has 3 aromatic carbocycles. The largest absolute Gasteiger partial charge is 0.457 e. The van der Waals surface area contributed by atoms with Gasteiger partial charge in [0.05, 0.1) is 23.8 Å². The molecule has 0 heterocycles. The molecule has 0 aliphatic heterocycles. The average molecular weight is 545 g/mol. The van der Waals surface area contributed by atoms with E-state index in [4.69, 9.17) is 4.74 Å². The lowest BCUT2D eigenvalue weighted by atomic mass is 10.2. The van der Waals surface area contributed by atoms with Gasteiger partial charge in [-0.15, -0.1) is 0 Å². The van der Waals surface area contributed by atoms with Crippen LogP contribution in [0.15, 0.2) is 82.4 Å². The number of nitrogens with zero attached hydrogens (tertiary/aromatic N) is 3. The second kappa shape index (κ2) is 11.2. The summed E-state index contributed by atoms with van der Waals surface area (Å²) >= 11 is 3.50. The number of para-hydroxylation sites is 1. The fraction of sp³-hybridized carbons (Fsp3) is 0.167. The third kappa shape index (κ3) is 7.06. The van der Waals surface area contributed by atoms with Gasteiger partial charge in [0.25, 0.3) is 5.91 Å². The van der Waals surface area contributed by atoms with Crippen molar-refractivity contribution in [2.45, 2.75) is 0 Å². The van der Waals surface area contributed by atoms with Crippen LogP contribution in [0.1, 0.15) is 5.56 Å². The zero-order valence-electron chi connectivity index (χ0n) is 19.0. The van der Waals surface area contributed by atoms with E-state index in [0.717, 1.165) is 26.3 Å². The van der Waals surface area contributed by atoms with Crippen molar-refractivity contribution in [3.8, 4) is 11.5 Å². The molecule has 10 heteroatoms. The van der Waals surface area contributed by atoms with Crippen molar-refractivity contribution < 1.29 is 17.9 Å². The fourth-order valence-corrected chi connectivity index (χ4v) is 4.62. The van der Waals surface area contributed by atoms with Gasteiger partial charge in [-0.25, -0.2) is 13.8 Å². The number of hydrogen-bond donors (Lipinski definition) is 1. The maximum Gasteiger partial charge on any atom is 0.260 e. The normalized spacial score (nSPS) is 11.3. The first-order valence-corrected chi connectivity index (χ1v) is 12.9. The van der Waals surface area contributed by atoms with Crippen LogP contribution in [0.25, 0.3) is 0 Å². The summed E-state index contributed by atoms with van der Waals surface area (Å²) in [5.41, 5.74) is 4.49. The quantitative estimate of drug-likeness (QED) is 0.321. The Morgan fingerprint density at radius 3 is 2.26 bits per heavy atom. The standard InChI is InChI=1S/C24H25BrN4O4S/c1-28(2)23-14-9-18(15-22(23)25)16-26-27-24(30)17-29(34(3,31)32)19-10-12-21(13-11-19)33-20-7-5-4-6-8-20/h4-16H,17H2,1-3H3,(H,27,30)/b26-16-. The Balaban J connectivity index is 1.65. The topological polar surface area (TPSA) is 91.3 Å². The summed E-state index contributed by atoms with van der Waals surface area (Å²) in [6.07, 6.45) is 2.53. The number of hydrazone groups is 1. The molecule has 0 saturated carbocycles. The number of carbonyl (C=O) groups is 1. The highest BCUT2D eigenvalue weighted by molar-refractivity contribution is 9.10. The van der Waals surface area contributed by atoms with Crippen molar-refractivity contribution in [2.24, 2.45) is 5.10 Å². The van der Waals surface area contributed by atoms with Crippen LogP contribution in [0.3, 0.4) is 0 Å². The molecule has 0 saturated heterocycles. The lowest BCUT2D eigenvalue weighted by Crippen LogP contribution is -2.39. The number of carbonyl (C=O) groups excluding carboxylic acids is 1. The fourth-order valence-electron chi connectivity index (χ4n) is 3.02. The van der Waals surface area contributed by atoms with Crippen LogP contribution in [0.5, 0.6) is 11.5 Å². The van der Waals surface area contributed by atoms with E-state index in [1.54, 1.807) is 24.3 Å². The molecular formula is C24H25BrN4O4S. The summed E-state index contributed by atoms with van der Waals surface area (Å²) in [5.74, 6) is 0.634. The molecule has 3 aromatic rings. The van der Waals surface area contributed by atoms with E-state index in [1.807, 2.05) is 67.5 Å². The monoisotopic (exact) mass is 544 g/mol. The number of halogens is 1. The molecule has 0 aliphatic rings. The molecule has 0 aromatic heterocycles. The molecule has 0 radical (unpaired) electrons. The molecular weight excluding hydrogens is 520 g/mol. The Hall–Kier alpha value is -3.37. The molecule has 178 valence electrons. The van der Waals surface area contributed by atoms with Crippen molar-refractivity contribution in [3.05, 3.63) is 82.8 Å². The van der Waals surface area contributed by atoms with Crippen LogP contribution >= 0.6 is 15.9 Å². The highest BCUT2D eigenvalue weighted by Crippen LogP contribution is 2.26. The minimum atomic E-state index is -3.71. The number of nitrogens with one attached hydrogen (secondary N) is 1. The molecule has 3 rings (SSSR count). The van der Waals surface area contributed by atoms with Gasteiger partial charge < -0.3 is 9.64 Å². The van der Waals surface area contributed by atoms with Crippen LogP contribution in [-0.4, -0.2) is 47.4 Å².